The zero-order chi connectivity index (χ0) is 10.7. The number of rotatable bonds is 1. The van der Waals surface area contributed by atoms with Crippen molar-refractivity contribution in [3.63, 3.8) is 0 Å². The van der Waals surface area contributed by atoms with Crippen molar-refractivity contribution in [1.82, 2.24) is 5.32 Å². The lowest BCUT2D eigenvalue weighted by molar-refractivity contribution is 0.589. The molecule has 0 spiro atoms. The number of hydrogen-bond donors (Lipinski definition) is 1. The monoisotopic (exact) mass is 201 g/mol. The van der Waals surface area contributed by atoms with E-state index >= 15 is 0 Å². The van der Waals surface area contributed by atoms with Gasteiger partial charge in [-0.05, 0) is 30.7 Å². The lowest BCUT2D eigenvalue weighted by Gasteiger charge is -2.29. The molecule has 1 aromatic rings. The number of nitriles is 1. The average Bonchev–Trinajstić information content (AvgIpc) is 2.30. The SMILES string of the molecule is Cc1cc(N2CCNCC2)ccc1C#N. The standard InChI is InChI=1S/C12H15N3/c1-10-8-12(3-2-11(10)9-13)15-6-4-14-5-7-15/h2-3,8,14H,4-7H2,1H3. The molecule has 0 atom stereocenters. The number of nitrogens with zero attached hydrogens (tertiary/aromatic N) is 2. The van der Waals surface area contributed by atoms with Crippen LogP contribution in [0.1, 0.15) is 11.1 Å². The number of hydrogen-bond acceptors (Lipinski definition) is 3. The van der Waals surface area contributed by atoms with Gasteiger partial charge in [0.25, 0.3) is 0 Å². The zero-order valence-electron chi connectivity index (χ0n) is 8.95. The maximum Gasteiger partial charge on any atom is 0.0994 e. The lowest BCUT2D eigenvalue weighted by atomic mass is 10.1. The first kappa shape index (κ1) is 10.0. The molecule has 1 aromatic carbocycles. The molecule has 1 saturated heterocycles. The Kier molecular flexibility index (Phi) is 2.89. The molecule has 0 bridgehead atoms. The Bertz CT molecular complexity index is 386. The number of nitrogens with one attached hydrogen (secondary N) is 1. The van der Waals surface area contributed by atoms with Gasteiger partial charge in [-0.25, -0.2) is 0 Å². The molecular weight excluding hydrogens is 186 g/mol. The number of benzene rings is 1. The molecular formula is C12H15N3. The molecule has 1 aliphatic rings. The summed E-state index contributed by atoms with van der Waals surface area (Å²) in [5, 5.41) is 12.2. The van der Waals surface area contributed by atoms with Crippen molar-refractivity contribution < 1.29 is 0 Å². The Hall–Kier alpha value is -1.53. The topological polar surface area (TPSA) is 39.1 Å². The molecule has 1 N–H and O–H groups in total. The third-order valence-electron chi connectivity index (χ3n) is 2.81. The highest BCUT2D eigenvalue weighted by atomic mass is 15.2. The van der Waals surface area contributed by atoms with E-state index in [1.54, 1.807) is 0 Å². The van der Waals surface area contributed by atoms with E-state index in [9.17, 15) is 0 Å². The minimum atomic E-state index is 0.772. The van der Waals surface area contributed by atoms with E-state index in [1.165, 1.54) is 5.69 Å². The summed E-state index contributed by atoms with van der Waals surface area (Å²) in [6.45, 7) is 6.17. The van der Waals surface area contributed by atoms with Crippen molar-refractivity contribution in [1.29, 1.82) is 5.26 Å². The van der Waals surface area contributed by atoms with Crippen molar-refractivity contribution in [3.05, 3.63) is 29.3 Å². The highest BCUT2D eigenvalue weighted by Gasteiger charge is 2.10. The second kappa shape index (κ2) is 4.33. The fourth-order valence-electron chi connectivity index (χ4n) is 1.89. The lowest BCUT2D eigenvalue weighted by Crippen LogP contribution is -2.43. The minimum Gasteiger partial charge on any atom is -0.369 e. The van der Waals surface area contributed by atoms with E-state index in [0.29, 0.717) is 0 Å². The van der Waals surface area contributed by atoms with Crippen LogP contribution in [0.25, 0.3) is 0 Å². The van der Waals surface area contributed by atoms with Gasteiger partial charge in [0.2, 0.25) is 0 Å². The van der Waals surface area contributed by atoms with Gasteiger partial charge in [0.15, 0.2) is 0 Å². The van der Waals surface area contributed by atoms with Crippen LogP contribution in [0, 0.1) is 18.3 Å². The fourth-order valence-corrected chi connectivity index (χ4v) is 1.89. The summed E-state index contributed by atoms with van der Waals surface area (Å²) in [5.41, 5.74) is 3.07. The van der Waals surface area contributed by atoms with E-state index in [0.717, 1.165) is 37.3 Å². The van der Waals surface area contributed by atoms with Crippen LogP contribution in [-0.4, -0.2) is 26.2 Å². The molecule has 3 nitrogen and oxygen atoms in total. The Morgan fingerprint density at radius 2 is 2.07 bits per heavy atom. The second-order valence-electron chi connectivity index (χ2n) is 3.85. The molecule has 0 aromatic heterocycles. The molecule has 15 heavy (non-hydrogen) atoms. The van der Waals surface area contributed by atoms with Gasteiger partial charge >= 0.3 is 0 Å². The van der Waals surface area contributed by atoms with Crippen molar-refractivity contribution in [3.8, 4) is 6.07 Å². The smallest absolute Gasteiger partial charge is 0.0994 e. The fraction of sp³-hybridized carbons (Fsp3) is 0.417. The van der Waals surface area contributed by atoms with Gasteiger partial charge in [-0.3, -0.25) is 0 Å². The Morgan fingerprint density at radius 3 is 2.67 bits per heavy atom. The van der Waals surface area contributed by atoms with Gasteiger partial charge in [0.1, 0.15) is 0 Å². The van der Waals surface area contributed by atoms with Gasteiger partial charge in [-0.1, -0.05) is 0 Å². The number of anilines is 1. The van der Waals surface area contributed by atoms with Gasteiger partial charge in [-0.15, -0.1) is 0 Å². The third-order valence-corrected chi connectivity index (χ3v) is 2.81. The molecule has 0 saturated carbocycles. The van der Waals surface area contributed by atoms with Crippen LogP contribution in [0.4, 0.5) is 5.69 Å². The molecule has 78 valence electrons. The van der Waals surface area contributed by atoms with Crippen LogP contribution in [-0.2, 0) is 0 Å². The average molecular weight is 201 g/mol. The third kappa shape index (κ3) is 2.11. The summed E-state index contributed by atoms with van der Waals surface area (Å²) in [6, 6.07) is 8.24. The van der Waals surface area contributed by atoms with Gasteiger partial charge in [0.05, 0.1) is 11.6 Å². The molecule has 3 heteroatoms. The van der Waals surface area contributed by atoms with Gasteiger partial charge < -0.3 is 10.2 Å². The van der Waals surface area contributed by atoms with E-state index in [1.807, 2.05) is 19.1 Å². The summed E-state index contributed by atoms with van der Waals surface area (Å²) < 4.78 is 0. The largest absolute Gasteiger partial charge is 0.369 e. The van der Waals surface area contributed by atoms with Crippen molar-refractivity contribution >= 4 is 5.69 Å². The summed E-state index contributed by atoms with van der Waals surface area (Å²) in [7, 11) is 0. The number of piperazine rings is 1. The van der Waals surface area contributed by atoms with E-state index in [4.69, 9.17) is 5.26 Å². The van der Waals surface area contributed by atoms with Crippen LogP contribution < -0.4 is 10.2 Å². The quantitative estimate of drug-likeness (QED) is 0.744. The molecule has 0 aliphatic carbocycles. The summed E-state index contributed by atoms with van der Waals surface area (Å²) in [5.74, 6) is 0. The number of aryl methyl sites for hydroxylation is 1. The van der Waals surface area contributed by atoms with Gasteiger partial charge in [-0.2, -0.15) is 5.26 Å². The molecule has 0 amide bonds. The maximum atomic E-state index is 8.85. The van der Waals surface area contributed by atoms with Crippen LogP contribution in [0.2, 0.25) is 0 Å². The highest BCUT2D eigenvalue weighted by molar-refractivity contribution is 5.53. The van der Waals surface area contributed by atoms with Crippen LogP contribution in [0.5, 0.6) is 0 Å². The van der Waals surface area contributed by atoms with E-state index in [-0.39, 0.29) is 0 Å². The Balaban J connectivity index is 2.22. The van der Waals surface area contributed by atoms with Crippen molar-refractivity contribution in [2.24, 2.45) is 0 Å². The van der Waals surface area contributed by atoms with E-state index in [2.05, 4.69) is 22.4 Å². The first-order chi connectivity index (χ1) is 7.31. The molecule has 1 fully saturated rings. The summed E-state index contributed by atoms with van der Waals surface area (Å²) in [6.07, 6.45) is 0. The normalized spacial score (nSPS) is 16.1. The molecule has 0 radical (unpaired) electrons. The first-order valence-electron chi connectivity index (χ1n) is 5.27. The minimum absolute atomic E-state index is 0.772. The zero-order valence-corrected chi connectivity index (χ0v) is 8.95. The first-order valence-corrected chi connectivity index (χ1v) is 5.27. The maximum absolute atomic E-state index is 8.85. The predicted molar refractivity (Wildman–Crippen MR) is 61.0 cm³/mol. The van der Waals surface area contributed by atoms with Crippen molar-refractivity contribution in [2.45, 2.75) is 6.92 Å². The predicted octanol–water partition coefficient (Wildman–Crippen LogP) is 1.28. The van der Waals surface area contributed by atoms with Crippen LogP contribution in [0.15, 0.2) is 18.2 Å². The second-order valence-corrected chi connectivity index (χ2v) is 3.85. The molecule has 1 heterocycles. The summed E-state index contributed by atoms with van der Waals surface area (Å²) >= 11 is 0. The Morgan fingerprint density at radius 1 is 1.33 bits per heavy atom. The van der Waals surface area contributed by atoms with Crippen molar-refractivity contribution in [2.75, 3.05) is 31.1 Å². The molecule has 2 rings (SSSR count). The summed E-state index contributed by atoms with van der Waals surface area (Å²) in [4.78, 5) is 2.35. The molecule has 0 unspecified atom stereocenters. The van der Waals surface area contributed by atoms with E-state index < -0.39 is 0 Å². The van der Waals surface area contributed by atoms with Crippen LogP contribution >= 0.6 is 0 Å². The van der Waals surface area contributed by atoms with Gasteiger partial charge in [0, 0.05) is 31.9 Å². The Labute approximate surface area is 90.3 Å². The highest BCUT2D eigenvalue weighted by Crippen LogP contribution is 2.18. The van der Waals surface area contributed by atoms with Crippen LogP contribution in [0.3, 0.4) is 0 Å². The molecule has 1 aliphatic heterocycles.